The molecule has 0 unspecified atom stereocenters. The van der Waals surface area contributed by atoms with Crippen LogP contribution in [0.5, 0.6) is 0 Å². The minimum Gasteiger partial charge on any atom is -0.332 e. The number of alkyl halides is 3. The highest BCUT2D eigenvalue weighted by atomic mass is 19.4. The zero-order chi connectivity index (χ0) is 13.1. The summed E-state index contributed by atoms with van der Waals surface area (Å²) in [7, 11) is 1.35. The summed E-state index contributed by atoms with van der Waals surface area (Å²) in [4.78, 5) is 12.5. The van der Waals surface area contributed by atoms with Crippen LogP contribution in [0, 0.1) is 17.8 Å². The Bertz CT molecular complexity index is 342. The van der Waals surface area contributed by atoms with Crippen LogP contribution in [-0.2, 0) is 4.79 Å². The van der Waals surface area contributed by atoms with E-state index in [2.05, 4.69) is 0 Å². The van der Waals surface area contributed by atoms with Crippen molar-refractivity contribution in [3.8, 4) is 0 Å². The molecular formula is C13H18F3NO. The summed E-state index contributed by atoms with van der Waals surface area (Å²) in [6.07, 6.45) is 1.07. The highest BCUT2D eigenvalue weighted by molar-refractivity contribution is 5.82. The van der Waals surface area contributed by atoms with E-state index in [1.807, 2.05) is 0 Å². The predicted molar refractivity (Wildman–Crippen MR) is 59.7 cm³/mol. The Labute approximate surface area is 105 Å². The lowest BCUT2D eigenvalue weighted by molar-refractivity contribution is -0.197. The Balaban J connectivity index is 1.85. The van der Waals surface area contributed by atoms with Gasteiger partial charge in [0.25, 0.3) is 0 Å². The Morgan fingerprint density at radius 1 is 1.06 bits per heavy atom. The number of hydrogen-bond acceptors (Lipinski definition) is 1. The lowest BCUT2D eigenvalue weighted by Crippen LogP contribution is -2.62. The van der Waals surface area contributed by atoms with Crippen molar-refractivity contribution in [2.75, 3.05) is 7.05 Å². The molecule has 0 aliphatic heterocycles. The molecule has 0 atom stereocenters. The molecule has 0 aromatic carbocycles. The van der Waals surface area contributed by atoms with E-state index in [1.54, 1.807) is 0 Å². The molecule has 0 saturated heterocycles. The summed E-state index contributed by atoms with van der Waals surface area (Å²) in [5.41, 5.74) is -0.499. The van der Waals surface area contributed by atoms with Crippen LogP contribution in [0.3, 0.4) is 0 Å². The fourth-order valence-corrected chi connectivity index (χ4v) is 4.88. The van der Waals surface area contributed by atoms with Crippen LogP contribution >= 0.6 is 0 Å². The van der Waals surface area contributed by atoms with Gasteiger partial charge in [-0.2, -0.15) is 13.2 Å². The maximum Gasteiger partial charge on any atom is 0.471 e. The van der Waals surface area contributed by atoms with Gasteiger partial charge in [0, 0.05) is 12.6 Å². The smallest absolute Gasteiger partial charge is 0.332 e. The van der Waals surface area contributed by atoms with Gasteiger partial charge in [0.1, 0.15) is 0 Å². The Morgan fingerprint density at radius 2 is 1.44 bits per heavy atom. The van der Waals surface area contributed by atoms with E-state index in [1.165, 1.54) is 7.05 Å². The van der Waals surface area contributed by atoms with E-state index in [-0.39, 0.29) is 0 Å². The summed E-state index contributed by atoms with van der Waals surface area (Å²) in [6, 6.07) is 0. The molecule has 0 radical (unpaired) electrons. The predicted octanol–water partition coefficient (Wildman–Crippen LogP) is 2.98. The number of halogens is 3. The van der Waals surface area contributed by atoms with Crippen molar-refractivity contribution in [1.29, 1.82) is 0 Å². The average Bonchev–Trinajstić information content (AvgIpc) is 2.23. The van der Waals surface area contributed by atoms with Gasteiger partial charge in [0.2, 0.25) is 0 Å². The van der Waals surface area contributed by atoms with Crippen LogP contribution in [0.25, 0.3) is 0 Å². The van der Waals surface area contributed by atoms with Crippen LogP contribution in [0.4, 0.5) is 13.2 Å². The van der Waals surface area contributed by atoms with Gasteiger partial charge in [-0.1, -0.05) is 0 Å². The first-order valence-electron chi connectivity index (χ1n) is 6.65. The lowest BCUT2D eigenvalue weighted by atomic mass is 9.52. The van der Waals surface area contributed by atoms with E-state index in [0.29, 0.717) is 17.8 Å². The molecule has 4 rings (SSSR count). The quantitative estimate of drug-likeness (QED) is 0.710. The Morgan fingerprint density at radius 3 is 1.78 bits per heavy atom. The van der Waals surface area contributed by atoms with Gasteiger partial charge in [-0.3, -0.25) is 4.79 Å². The van der Waals surface area contributed by atoms with E-state index in [0.717, 1.165) is 43.4 Å². The molecule has 1 amide bonds. The van der Waals surface area contributed by atoms with E-state index >= 15 is 0 Å². The molecule has 0 aromatic heterocycles. The van der Waals surface area contributed by atoms with Crippen LogP contribution in [0.15, 0.2) is 0 Å². The standard InChI is InChI=1S/C13H18F3NO/c1-17(11(18)13(14,15)16)12-5-8-2-9(6-12)4-10(3-8)7-12/h8-10H,2-7H2,1H3. The van der Waals surface area contributed by atoms with Gasteiger partial charge >= 0.3 is 12.1 Å². The fraction of sp³-hybridized carbons (Fsp3) is 0.923. The van der Waals surface area contributed by atoms with Gasteiger partial charge in [-0.05, 0) is 56.3 Å². The van der Waals surface area contributed by atoms with Crippen molar-refractivity contribution in [2.24, 2.45) is 17.8 Å². The molecule has 4 aliphatic carbocycles. The summed E-state index contributed by atoms with van der Waals surface area (Å²) in [6.45, 7) is 0. The number of carbonyl (C=O) groups excluding carboxylic acids is 1. The monoisotopic (exact) mass is 261 g/mol. The molecule has 4 fully saturated rings. The third-order valence-electron chi connectivity index (χ3n) is 5.26. The zero-order valence-corrected chi connectivity index (χ0v) is 10.5. The third-order valence-corrected chi connectivity index (χ3v) is 5.26. The second-order valence-corrected chi connectivity index (χ2v) is 6.50. The largest absolute Gasteiger partial charge is 0.471 e. The first-order valence-corrected chi connectivity index (χ1v) is 6.65. The summed E-state index contributed by atoms with van der Waals surface area (Å²) < 4.78 is 37.8. The molecule has 18 heavy (non-hydrogen) atoms. The zero-order valence-electron chi connectivity index (χ0n) is 10.5. The highest BCUT2D eigenvalue weighted by Gasteiger charge is 2.56. The van der Waals surface area contributed by atoms with Crippen molar-refractivity contribution < 1.29 is 18.0 Å². The SMILES string of the molecule is CN(C(=O)C(F)(F)F)C12CC3CC(CC(C3)C1)C2. The van der Waals surface area contributed by atoms with E-state index in [9.17, 15) is 18.0 Å². The van der Waals surface area contributed by atoms with Gasteiger partial charge in [0.15, 0.2) is 0 Å². The number of rotatable bonds is 1. The Hall–Kier alpha value is -0.740. The first kappa shape index (κ1) is 12.3. The second kappa shape index (κ2) is 3.64. The summed E-state index contributed by atoms with van der Waals surface area (Å²) in [5, 5.41) is 0. The number of amides is 1. The molecule has 0 aromatic rings. The maximum atomic E-state index is 12.6. The van der Waals surface area contributed by atoms with Crippen LogP contribution in [-0.4, -0.2) is 29.6 Å². The van der Waals surface area contributed by atoms with Crippen LogP contribution in [0.1, 0.15) is 38.5 Å². The molecule has 5 heteroatoms. The van der Waals surface area contributed by atoms with Crippen molar-refractivity contribution in [1.82, 2.24) is 4.90 Å². The Kier molecular flexibility index (Phi) is 2.49. The molecule has 102 valence electrons. The molecule has 4 aliphatic rings. The molecule has 2 nitrogen and oxygen atoms in total. The van der Waals surface area contributed by atoms with Crippen molar-refractivity contribution in [3.05, 3.63) is 0 Å². The molecule has 0 N–H and O–H groups in total. The molecular weight excluding hydrogens is 243 g/mol. The minimum absolute atomic E-state index is 0.499. The van der Waals surface area contributed by atoms with Crippen molar-refractivity contribution in [3.63, 3.8) is 0 Å². The first-order chi connectivity index (χ1) is 8.30. The molecule has 4 bridgehead atoms. The number of nitrogens with zero attached hydrogens (tertiary/aromatic N) is 1. The minimum atomic E-state index is -4.74. The lowest BCUT2D eigenvalue weighted by Gasteiger charge is -2.59. The summed E-state index contributed by atoms with van der Waals surface area (Å²) >= 11 is 0. The van der Waals surface area contributed by atoms with Gasteiger partial charge in [-0.15, -0.1) is 0 Å². The average molecular weight is 261 g/mol. The molecule has 0 heterocycles. The summed E-state index contributed by atoms with van der Waals surface area (Å²) in [5.74, 6) is -0.0383. The number of hydrogen-bond donors (Lipinski definition) is 0. The normalized spacial score (nSPS) is 42.1. The van der Waals surface area contributed by atoms with Gasteiger partial charge < -0.3 is 4.90 Å². The van der Waals surface area contributed by atoms with Gasteiger partial charge in [-0.25, -0.2) is 0 Å². The van der Waals surface area contributed by atoms with Crippen molar-refractivity contribution >= 4 is 5.91 Å². The molecule has 0 spiro atoms. The van der Waals surface area contributed by atoms with Crippen LogP contribution in [0.2, 0.25) is 0 Å². The van der Waals surface area contributed by atoms with Crippen molar-refractivity contribution in [2.45, 2.75) is 50.2 Å². The van der Waals surface area contributed by atoms with Gasteiger partial charge in [0.05, 0.1) is 0 Å². The topological polar surface area (TPSA) is 20.3 Å². The van der Waals surface area contributed by atoms with E-state index < -0.39 is 17.6 Å². The number of carbonyl (C=O) groups is 1. The fourth-order valence-electron chi connectivity index (χ4n) is 4.88. The maximum absolute atomic E-state index is 12.6. The highest BCUT2D eigenvalue weighted by Crippen LogP contribution is 2.57. The second-order valence-electron chi connectivity index (χ2n) is 6.50. The van der Waals surface area contributed by atoms with E-state index in [4.69, 9.17) is 0 Å². The third kappa shape index (κ3) is 1.74. The van der Waals surface area contributed by atoms with Crippen LogP contribution < -0.4 is 0 Å². The molecule has 4 saturated carbocycles.